The SMILES string of the molecule is OC(c1ccc2c(c1)CCC2)c1ccoc1Br. The van der Waals surface area contributed by atoms with E-state index in [-0.39, 0.29) is 0 Å². The molecule has 0 bridgehead atoms. The molecular formula is C14H13BrO2. The Morgan fingerprint density at radius 3 is 2.76 bits per heavy atom. The summed E-state index contributed by atoms with van der Waals surface area (Å²) in [5, 5.41) is 10.3. The summed E-state index contributed by atoms with van der Waals surface area (Å²) < 4.78 is 5.76. The Bertz CT molecular complexity index is 545. The molecule has 3 heteroatoms. The second-order valence-corrected chi connectivity index (χ2v) is 5.15. The van der Waals surface area contributed by atoms with Crippen LogP contribution in [-0.2, 0) is 12.8 Å². The maximum Gasteiger partial charge on any atom is 0.175 e. The van der Waals surface area contributed by atoms with E-state index in [0.717, 1.165) is 17.5 Å². The minimum Gasteiger partial charge on any atom is -0.457 e. The fourth-order valence-electron chi connectivity index (χ4n) is 2.44. The van der Waals surface area contributed by atoms with Crippen molar-refractivity contribution in [3.63, 3.8) is 0 Å². The smallest absolute Gasteiger partial charge is 0.175 e. The highest BCUT2D eigenvalue weighted by atomic mass is 79.9. The molecule has 88 valence electrons. The highest BCUT2D eigenvalue weighted by Gasteiger charge is 2.18. The number of rotatable bonds is 2. The van der Waals surface area contributed by atoms with Gasteiger partial charge in [-0.3, -0.25) is 0 Å². The molecule has 0 radical (unpaired) electrons. The molecule has 0 aliphatic heterocycles. The summed E-state index contributed by atoms with van der Waals surface area (Å²) in [6.07, 6.45) is 4.48. The maximum absolute atomic E-state index is 10.3. The van der Waals surface area contributed by atoms with Gasteiger partial charge in [-0.1, -0.05) is 18.2 Å². The van der Waals surface area contributed by atoms with E-state index in [2.05, 4.69) is 28.1 Å². The summed E-state index contributed by atoms with van der Waals surface area (Å²) in [5.41, 5.74) is 4.52. The molecule has 1 aromatic heterocycles. The summed E-state index contributed by atoms with van der Waals surface area (Å²) >= 11 is 3.30. The lowest BCUT2D eigenvalue weighted by Gasteiger charge is -2.11. The number of hydrogen-bond donors (Lipinski definition) is 1. The van der Waals surface area contributed by atoms with Gasteiger partial charge in [-0.15, -0.1) is 0 Å². The van der Waals surface area contributed by atoms with E-state index in [9.17, 15) is 5.11 Å². The van der Waals surface area contributed by atoms with Gasteiger partial charge in [-0.25, -0.2) is 0 Å². The van der Waals surface area contributed by atoms with E-state index in [1.807, 2.05) is 6.07 Å². The molecule has 1 N–H and O–H groups in total. The molecule has 3 rings (SSSR count). The summed E-state index contributed by atoms with van der Waals surface area (Å²) in [6.45, 7) is 0. The highest BCUT2D eigenvalue weighted by molar-refractivity contribution is 9.10. The van der Waals surface area contributed by atoms with Gasteiger partial charge in [0.2, 0.25) is 0 Å². The molecule has 2 nitrogen and oxygen atoms in total. The molecule has 1 aliphatic rings. The Hall–Kier alpha value is -1.06. The normalized spacial score (nSPS) is 15.9. The zero-order valence-corrected chi connectivity index (χ0v) is 10.9. The minimum atomic E-state index is -0.617. The second kappa shape index (κ2) is 4.31. The number of furan rings is 1. The van der Waals surface area contributed by atoms with Crippen LogP contribution in [0.5, 0.6) is 0 Å². The van der Waals surface area contributed by atoms with Gasteiger partial charge in [0.25, 0.3) is 0 Å². The van der Waals surface area contributed by atoms with Crippen LogP contribution in [0, 0.1) is 0 Å². The number of aliphatic hydroxyl groups is 1. The van der Waals surface area contributed by atoms with E-state index in [1.165, 1.54) is 24.0 Å². The van der Waals surface area contributed by atoms with Gasteiger partial charge in [0.15, 0.2) is 4.67 Å². The van der Waals surface area contributed by atoms with E-state index >= 15 is 0 Å². The zero-order valence-electron chi connectivity index (χ0n) is 9.32. The van der Waals surface area contributed by atoms with Crippen molar-refractivity contribution in [1.29, 1.82) is 0 Å². The quantitative estimate of drug-likeness (QED) is 0.917. The van der Waals surface area contributed by atoms with Crippen molar-refractivity contribution in [1.82, 2.24) is 0 Å². The van der Waals surface area contributed by atoms with Gasteiger partial charge >= 0.3 is 0 Å². The molecular weight excluding hydrogens is 280 g/mol. The molecule has 1 aliphatic carbocycles. The molecule has 0 saturated carbocycles. The third kappa shape index (κ3) is 1.94. The fourth-order valence-corrected chi connectivity index (χ4v) is 2.90. The predicted molar refractivity (Wildman–Crippen MR) is 68.9 cm³/mol. The molecule has 1 aromatic carbocycles. The fraction of sp³-hybridized carbons (Fsp3) is 0.286. The van der Waals surface area contributed by atoms with E-state index in [4.69, 9.17) is 4.42 Å². The van der Waals surface area contributed by atoms with Crippen LogP contribution in [0.15, 0.2) is 39.6 Å². The van der Waals surface area contributed by atoms with Crippen LogP contribution < -0.4 is 0 Å². The van der Waals surface area contributed by atoms with E-state index in [0.29, 0.717) is 4.67 Å². The first kappa shape index (κ1) is 11.1. The first-order valence-electron chi connectivity index (χ1n) is 5.78. The van der Waals surface area contributed by atoms with E-state index in [1.54, 1.807) is 12.3 Å². The number of hydrogen-bond acceptors (Lipinski definition) is 2. The number of aryl methyl sites for hydroxylation is 2. The molecule has 1 atom stereocenters. The number of halogens is 1. The van der Waals surface area contributed by atoms with Crippen molar-refractivity contribution < 1.29 is 9.52 Å². The van der Waals surface area contributed by atoms with E-state index < -0.39 is 6.10 Å². The van der Waals surface area contributed by atoms with Gasteiger partial charge in [-0.2, -0.15) is 0 Å². The van der Waals surface area contributed by atoms with Gasteiger partial charge in [0.1, 0.15) is 6.10 Å². The maximum atomic E-state index is 10.3. The summed E-state index contributed by atoms with van der Waals surface area (Å²) in [5.74, 6) is 0. The zero-order chi connectivity index (χ0) is 11.8. The average molecular weight is 293 g/mol. The van der Waals surface area contributed by atoms with Gasteiger partial charge in [0.05, 0.1) is 6.26 Å². The van der Waals surface area contributed by atoms with Crippen LogP contribution in [0.2, 0.25) is 0 Å². The topological polar surface area (TPSA) is 33.4 Å². The third-order valence-corrected chi connectivity index (χ3v) is 4.02. The lowest BCUT2D eigenvalue weighted by molar-refractivity contribution is 0.218. The Balaban J connectivity index is 1.97. The van der Waals surface area contributed by atoms with Crippen LogP contribution in [0.4, 0.5) is 0 Å². The predicted octanol–water partition coefficient (Wildman–Crippen LogP) is 3.61. The molecule has 0 amide bonds. The highest BCUT2D eigenvalue weighted by Crippen LogP contribution is 2.32. The van der Waals surface area contributed by atoms with Crippen LogP contribution in [0.1, 0.15) is 34.8 Å². The summed E-state index contributed by atoms with van der Waals surface area (Å²) in [4.78, 5) is 0. The number of benzene rings is 1. The second-order valence-electron chi connectivity index (χ2n) is 4.43. The molecule has 2 aromatic rings. The molecule has 0 saturated heterocycles. The molecule has 1 unspecified atom stereocenters. The third-order valence-electron chi connectivity index (χ3n) is 3.38. The average Bonchev–Trinajstić information content (AvgIpc) is 2.95. The molecule has 17 heavy (non-hydrogen) atoms. The first-order chi connectivity index (χ1) is 8.25. The van der Waals surface area contributed by atoms with Crippen LogP contribution in [-0.4, -0.2) is 5.11 Å². The van der Waals surface area contributed by atoms with Crippen LogP contribution >= 0.6 is 15.9 Å². The lowest BCUT2D eigenvalue weighted by Crippen LogP contribution is -2.00. The van der Waals surface area contributed by atoms with Crippen molar-refractivity contribution in [2.75, 3.05) is 0 Å². The van der Waals surface area contributed by atoms with Crippen molar-refractivity contribution in [3.05, 3.63) is 57.5 Å². The number of fused-ring (bicyclic) bond motifs is 1. The van der Waals surface area contributed by atoms with Gasteiger partial charge in [-0.05, 0) is 57.9 Å². The standard InChI is InChI=1S/C14H13BrO2/c15-14-12(6-7-17-14)13(16)11-5-4-9-2-1-3-10(9)8-11/h4-8,13,16H,1-3H2. The first-order valence-corrected chi connectivity index (χ1v) is 6.57. The lowest BCUT2D eigenvalue weighted by atomic mass is 10.00. The van der Waals surface area contributed by atoms with Crippen LogP contribution in [0.25, 0.3) is 0 Å². The molecule has 0 spiro atoms. The Labute approximate surface area is 108 Å². The Morgan fingerprint density at radius 2 is 2.00 bits per heavy atom. The van der Waals surface area contributed by atoms with Crippen molar-refractivity contribution in [2.45, 2.75) is 25.4 Å². The minimum absolute atomic E-state index is 0.602. The largest absolute Gasteiger partial charge is 0.457 e. The van der Waals surface area contributed by atoms with Crippen LogP contribution in [0.3, 0.4) is 0 Å². The molecule has 1 heterocycles. The Morgan fingerprint density at radius 1 is 1.18 bits per heavy atom. The number of aliphatic hydroxyl groups excluding tert-OH is 1. The monoisotopic (exact) mass is 292 g/mol. The van der Waals surface area contributed by atoms with Gasteiger partial charge in [0, 0.05) is 5.56 Å². The summed E-state index contributed by atoms with van der Waals surface area (Å²) in [7, 11) is 0. The van der Waals surface area contributed by atoms with Crippen molar-refractivity contribution in [3.8, 4) is 0 Å². The van der Waals surface area contributed by atoms with Crippen molar-refractivity contribution in [2.24, 2.45) is 0 Å². The molecule has 0 fully saturated rings. The Kier molecular flexibility index (Phi) is 2.81. The summed E-state index contributed by atoms with van der Waals surface area (Å²) in [6, 6.07) is 8.05. The van der Waals surface area contributed by atoms with Gasteiger partial charge < -0.3 is 9.52 Å². The van der Waals surface area contributed by atoms with Crippen molar-refractivity contribution >= 4 is 15.9 Å².